The van der Waals surface area contributed by atoms with Crippen molar-refractivity contribution in [3.63, 3.8) is 0 Å². The molecule has 0 atom stereocenters. The number of hydrogen-bond donors (Lipinski definition) is 0. The maximum Gasteiger partial charge on any atom is 0.123 e. The second-order valence-corrected chi connectivity index (χ2v) is 6.38. The molecule has 0 aliphatic heterocycles. The zero-order chi connectivity index (χ0) is 14.8. The van der Waals surface area contributed by atoms with Gasteiger partial charge in [0.2, 0.25) is 0 Å². The Morgan fingerprint density at radius 3 is 1.76 bits per heavy atom. The molecule has 0 amide bonds. The number of hydrogen-bond acceptors (Lipinski definition) is 2. The summed E-state index contributed by atoms with van der Waals surface area (Å²) >= 11 is 3.84. The Hall–Kier alpha value is -1.22. The quantitative estimate of drug-likeness (QED) is 0.740. The van der Waals surface area contributed by atoms with Gasteiger partial charge in [-0.3, -0.25) is 0 Å². The zero-order valence-corrected chi connectivity index (χ0v) is 14.3. The second kappa shape index (κ2) is 6.27. The number of methoxy groups -OCH3 is 2. The molecule has 0 saturated carbocycles. The summed E-state index contributed by atoms with van der Waals surface area (Å²) in [5, 5.41) is 0. The summed E-state index contributed by atoms with van der Waals surface area (Å²) in [6.45, 7) is 0. The smallest absolute Gasteiger partial charge is 0.123 e. The van der Waals surface area contributed by atoms with Crippen molar-refractivity contribution in [1.29, 1.82) is 0 Å². The van der Waals surface area contributed by atoms with Crippen molar-refractivity contribution in [2.24, 2.45) is 0 Å². The predicted molar refractivity (Wildman–Crippen MR) is 90.0 cm³/mol. The third-order valence-electron chi connectivity index (χ3n) is 4.32. The van der Waals surface area contributed by atoms with E-state index in [1.807, 2.05) is 0 Å². The van der Waals surface area contributed by atoms with Crippen LogP contribution in [0.2, 0.25) is 0 Å². The average Bonchev–Trinajstić information content (AvgIpc) is 2.83. The lowest BCUT2D eigenvalue weighted by molar-refractivity contribution is 0.366. The average molecular weight is 349 g/mol. The van der Waals surface area contributed by atoms with Crippen LogP contribution in [0.5, 0.6) is 0 Å². The Kier molecular flexibility index (Phi) is 4.39. The predicted octanol–water partition coefficient (Wildman–Crippen LogP) is 5.10. The molecule has 2 aliphatic rings. The van der Waals surface area contributed by atoms with Crippen molar-refractivity contribution in [3.8, 4) is 0 Å². The highest BCUT2D eigenvalue weighted by molar-refractivity contribution is 9.10. The van der Waals surface area contributed by atoms with E-state index in [9.17, 15) is 0 Å². The lowest BCUT2D eigenvalue weighted by atomic mass is 9.93. The molecule has 112 valence electrons. The van der Waals surface area contributed by atoms with Gasteiger partial charge in [0.05, 0.1) is 14.2 Å². The van der Waals surface area contributed by atoms with Crippen LogP contribution in [0.1, 0.15) is 47.9 Å². The van der Waals surface area contributed by atoms with Crippen molar-refractivity contribution < 1.29 is 9.47 Å². The van der Waals surface area contributed by atoms with E-state index < -0.39 is 0 Å². The molecular formula is C18H21BrO2. The van der Waals surface area contributed by atoms with Crippen LogP contribution in [0.3, 0.4) is 0 Å². The van der Waals surface area contributed by atoms with Crippen LogP contribution in [0.25, 0.3) is 11.5 Å². The summed E-state index contributed by atoms with van der Waals surface area (Å²) in [5.41, 5.74) is 5.20. The monoisotopic (exact) mass is 348 g/mol. The molecule has 0 radical (unpaired) electrons. The standard InChI is InChI=1S/C18H21BrO2/c1-20-14-9-5-3-7-12-11-13-8-4-6-10-15(21-2)17(13)18(19)16(12)14/h9-11H,3-8H2,1-2H3. The first-order valence-corrected chi connectivity index (χ1v) is 8.39. The fraction of sp³-hybridized carbons (Fsp3) is 0.444. The first-order valence-electron chi connectivity index (χ1n) is 7.59. The van der Waals surface area contributed by atoms with Gasteiger partial charge in [0.15, 0.2) is 0 Å². The number of rotatable bonds is 2. The minimum atomic E-state index is 0.983. The van der Waals surface area contributed by atoms with E-state index in [0.29, 0.717) is 0 Å². The van der Waals surface area contributed by atoms with Crippen LogP contribution in [0.15, 0.2) is 22.7 Å². The number of benzene rings is 1. The van der Waals surface area contributed by atoms with Gasteiger partial charge < -0.3 is 9.47 Å². The summed E-state index contributed by atoms with van der Waals surface area (Å²) in [7, 11) is 3.51. The zero-order valence-electron chi connectivity index (χ0n) is 12.7. The van der Waals surface area contributed by atoms with E-state index >= 15 is 0 Å². The maximum absolute atomic E-state index is 5.64. The lowest BCUT2D eigenvalue weighted by Crippen LogP contribution is -2.03. The van der Waals surface area contributed by atoms with E-state index in [1.165, 1.54) is 35.1 Å². The number of aryl methyl sites for hydroxylation is 2. The Bertz CT molecular complexity index is 564. The molecule has 1 aromatic rings. The van der Waals surface area contributed by atoms with E-state index in [1.54, 1.807) is 14.2 Å². The molecule has 3 heteroatoms. The van der Waals surface area contributed by atoms with Gasteiger partial charge in [-0.15, -0.1) is 0 Å². The molecule has 0 heterocycles. The Labute approximate surface area is 135 Å². The Morgan fingerprint density at radius 2 is 1.33 bits per heavy atom. The molecule has 1 aromatic carbocycles. The Morgan fingerprint density at radius 1 is 0.857 bits per heavy atom. The van der Waals surface area contributed by atoms with Gasteiger partial charge in [-0.05, 0) is 77.7 Å². The largest absolute Gasteiger partial charge is 0.496 e. The van der Waals surface area contributed by atoms with E-state index in [0.717, 1.165) is 41.7 Å². The van der Waals surface area contributed by atoms with Crippen LogP contribution in [-0.4, -0.2) is 14.2 Å². The van der Waals surface area contributed by atoms with E-state index in [2.05, 4.69) is 34.1 Å². The third-order valence-corrected chi connectivity index (χ3v) is 5.12. The summed E-state index contributed by atoms with van der Waals surface area (Å²) in [5.74, 6) is 1.97. The molecule has 0 spiro atoms. The van der Waals surface area contributed by atoms with Crippen LogP contribution in [0.4, 0.5) is 0 Å². The van der Waals surface area contributed by atoms with Crippen LogP contribution in [0, 0.1) is 0 Å². The molecule has 2 nitrogen and oxygen atoms in total. The fourth-order valence-corrected chi connectivity index (χ4v) is 4.22. The minimum absolute atomic E-state index is 0.983. The molecular weight excluding hydrogens is 328 g/mol. The van der Waals surface area contributed by atoms with Gasteiger partial charge >= 0.3 is 0 Å². The van der Waals surface area contributed by atoms with E-state index in [-0.39, 0.29) is 0 Å². The normalized spacial score (nSPS) is 17.7. The van der Waals surface area contributed by atoms with Gasteiger partial charge in [-0.25, -0.2) is 0 Å². The highest BCUT2D eigenvalue weighted by Crippen LogP contribution is 2.41. The first-order chi connectivity index (χ1) is 10.3. The molecule has 0 saturated heterocycles. The molecule has 0 bridgehead atoms. The first kappa shape index (κ1) is 14.7. The van der Waals surface area contributed by atoms with Gasteiger partial charge in [0, 0.05) is 15.6 Å². The van der Waals surface area contributed by atoms with Crippen molar-refractivity contribution in [2.75, 3.05) is 14.2 Å². The third kappa shape index (κ3) is 2.64. The van der Waals surface area contributed by atoms with Gasteiger partial charge in [0.25, 0.3) is 0 Å². The molecule has 3 rings (SSSR count). The molecule has 0 fully saturated rings. The van der Waals surface area contributed by atoms with Crippen molar-refractivity contribution >= 4 is 27.4 Å². The second-order valence-electron chi connectivity index (χ2n) is 5.59. The van der Waals surface area contributed by atoms with Crippen molar-refractivity contribution in [3.05, 3.63) is 44.9 Å². The Balaban J connectivity index is 2.26. The number of fused-ring (bicyclic) bond motifs is 2. The molecule has 0 aromatic heterocycles. The summed E-state index contributed by atoms with van der Waals surface area (Å²) in [6, 6.07) is 2.37. The molecule has 0 unspecified atom stereocenters. The summed E-state index contributed by atoms with van der Waals surface area (Å²) in [6.07, 6.45) is 11.1. The molecule has 0 N–H and O–H groups in total. The summed E-state index contributed by atoms with van der Waals surface area (Å²) < 4.78 is 12.4. The van der Waals surface area contributed by atoms with Crippen molar-refractivity contribution in [2.45, 2.75) is 38.5 Å². The van der Waals surface area contributed by atoms with Crippen LogP contribution < -0.4 is 0 Å². The number of allylic oxidation sites excluding steroid dienone is 2. The van der Waals surface area contributed by atoms with Gasteiger partial charge in [-0.1, -0.05) is 6.07 Å². The summed E-state index contributed by atoms with van der Waals surface area (Å²) in [4.78, 5) is 0. The maximum atomic E-state index is 5.64. The van der Waals surface area contributed by atoms with Crippen LogP contribution >= 0.6 is 15.9 Å². The highest BCUT2D eigenvalue weighted by Gasteiger charge is 2.24. The number of ether oxygens (including phenoxy) is 2. The van der Waals surface area contributed by atoms with E-state index in [4.69, 9.17) is 9.47 Å². The number of halogens is 1. The van der Waals surface area contributed by atoms with Gasteiger partial charge in [0.1, 0.15) is 11.5 Å². The lowest BCUT2D eigenvalue weighted by Gasteiger charge is -2.19. The SMILES string of the molecule is COC1=CCCCc2cc3c(c(Br)c21)C(OC)=CCCC3. The molecule has 2 aliphatic carbocycles. The van der Waals surface area contributed by atoms with Crippen LogP contribution in [-0.2, 0) is 22.3 Å². The van der Waals surface area contributed by atoms with Crippen molar-refractivity contribution in [1.82, 2.24) is 0 Å². The fourth-order valence-electron chi connectivity index (χ4n) is 3.31. The topological polar surface area (TPSA) is 18.5 Å². The minimum Gasteiger partial charge on any atom is -0.496 e. The van der Waals surface area contributed by atoms with Gasteiger partial charge in [-0.2, -0.15) is 0 Å². The highest BCUT2D eigenvalue weighted by atomic mass is 79.9. The molecule has 21 heavy (non-hydrogen) atoms.